The molecule has 0 atom stereocenters. The van der Waals surface area contributed by atoms with Crippen molar-refractivity contribution < 1.29 is 22.0 Å². The minimum atomic E-state index is -4.66. The Hall–Kier alpha value is -0.980. The first-order valence-corrected chi connectivity index (χ1v) is 6.87. The molecular formula is C13H4Cl2F5S. The molecule has 0 N–H and O–H groups in total. The minimum absolute atomic E-state index is 0.188. The van der Waals surface area contributed by atoms with Crippen LogP contribution in [0, 0.1) is 17.7 Å². The highest BCUT2D eigenvalue weighted by Crippen LogP contribution is 2.46. The topological polar surface area (TPSA) is 0 Å². The lowest BCUT2D eigenvalue weighted by molar-refractivity contribution is -0.0328. The van der Waals surface area contributed by atoms with Crippen molar-refractivity contribution in [2.45, 2.75) is 10.4 Å². The summed E-state index contributed by atoms with van der Waals surface area (Å²) in [4.78, 5) is -0.500. The Kier molecular flexibility index (Phi) is 4.70. The van der Waals surface area contributed by atoms with E-state index in [1.165, 1.54) is 0 Å². The van der Waals surface area contributed by atoms with Crippen molar-refractivity contribution in [1.29, 1.82) is 0 Å². The largest absolute Gasteiger partial charge is 0.446 e. The maximum Gasteiger partial charge on any atom is 0.446 e. The molecule has 0 aliphatic rings. The van der Waals surface area contributed by atoms with E-state index in [9.17, 15) is 22.0 Å². The molecular weight excluding hydrogens is 354 g/mol. The van der Waals surface area contributed by atoms with Gasteiger partial charge in [-0.3, -0.25) is 0 Å². The van der Waals surface area contributed by atoms with E-state index < -0.39 is 49.9 Å². The van der Waals surface area contributed by atoms with Gasteiger partial charge in [0.25, 0.3) is 0 Å². The van der Waals surface area contributed by atoms with Crippen LogP contribution in [0.3, 0.4) is 0 Å². The Morgan fingerprint density at radius 3 is 2.10 bits per heavy atom. The van der Waals surface area contributed by atoms with Crippen molar-refractivity contribution in [1.82, 2.24) is 0 Å². The lowest BCUT2D eigenvalue weighted by atomic mass is 10.0. The van der Waals surface area contributed by atoms with E-state index in [4.69, 9.17) is 23.2 Å². The number of halogens is 7. The molecule has 2 aromatic carbocycles. The molecule has 0 heterocycles. The van der Waals surface area contributed by atoms with Gasteiger partial charge in [-0.05, 0) is 30.0 Å². The van der Waals surface area contributed by atoms with Gasteiger partial charge in [0.05, 0.1) is 15.6 Å². The summed E-state index contributed by atoms with van der Waals surface area (Å²) in [6.45, 7) is 0. The van der Waals surface area contributed by atoms with E-state index in [0.29, 0.717) is 0 Å². The van der Waals surface area contributed by atoms with Crippen molar-refractivity contribution in [3.63, 3.8) is 0 Å². The van der Waals surface area contributed by atoms with Gasteiger partial charge in [0.2, 0.25) is 0 Å². The van der Waals surface area contributed by atoms with E-state index in [1.54, 1.807) is 0 Å². The van der Waals surface area contributed by atoms with Crippen LogP contribution in [0.15, 0.2) is 29.2 Å². The van der Waals surface area contributed by atoms with E-state index in [1.807, 2.05) is 0 Å². The van der Waals surface area contributed by atoms with E-state index in [0.717, 1.165) is 24.3 Å². The molecule has 0 bridgehead atoms. The average Bonchev–Trinajstić information content (AvgIpc) is 2.29. The summed E-state index contributed by atoms with van der Waals surface area (Å²) in [5.41, 5.74) is -5.74. The van der Waals surface area contributed by atoms with Crippen LogP contribution in [0.1, 0.15) is 0 Å². The van der Waals surface area contributed by atoms with Gasteiger partial charge in [0, 0.05) is 16.5 Å². The van der Waals surface area contributed by atoms with Crippen molar-refractivity contribution >= 4 is 35.0 Å². The quantitative estimate of drug-likeness (QED) is 0.445. The van der Waals surface area contributed by atoms with Crippen molar-refractivity contribution in [2.75, 3.05) is 0 Å². The highest BCUT2D eigenvalue weighted by molar-refractivity contribution is 8.00. The highest BCUT2D eigenvalue weighted by Gasteiger charge is 2.32. The Morgan fingerprint density at radius 2 is 1.57 bits per heavy atom. The zero-order valence-electron chi connectivity index (χ0n) is 9.86. The van der Waals surface area contributed by atoms with E-state index in [-0.39, 0.29) is 5.02 Å². The molecule has 2 aromatic rings. The molecule has 0 amide bonds. The zero-order valence-corrected chi connectivity index (χ0v) is 12.2. The number of thioether (sulfide) groups is 1. The third-order valence-corrected chi connectivity index (χ3v) is 3.65. The molecule has 1 radical (unpaired) electrons. The molecule has 0 unspecified atom stereocenters. The molecule has 0 nitrogen and oxygen atoms in total. The molecule has 0 aliphatic carbocycles. The smallest absolute Gasteiger partial charge is 0.206 e. The second-order valence-corrected chi connectivity index (χ2v) is 5.71. The Labute approximate surface area is 130 Å². The summed E-state index contributed by atoms with van der Waals surface area (Å²) in [7, 11) is 0. The van der Waals surface area contributed by atoms with Gasteiger partial charge in [-0.1, -0.05) is 29.3 Å². The fraction of sp³-hybridized carbons (Fsp3) is 0.0769. The Balaban J connectivity index is 2.73. The summed E-state index contributed by atoms with van der Waals surface area (Å²) < 4.78 is 65.3. The van der Waals surface area contributed by atoms with Crippen LogP contribution in [0.2, 0.25) is 10.0 Å². The second-order valence-electron chi connectivity index (χ2n) is 3.81. The molecule has 0 aliphatic heterocycles. The number of hydrogen-bond donors (Lipinski definition) is 0. The predicted molar refractivity (Wildman–Crippen MR) is 72.6 cm³/mol. The first kappa shape index (κ1) is 16.4. The minimum Gasteiger partial charge on any atom is -0.206 e. The Morgan fingerprint density at radius 1 is 1.00 bits per heavy atom. The zero-order chi connectivity index (χ0) is 15.8. The van der Waals surface area contributed by atoms with E-state index in [2.05, 4.69) is 6.07 Å². The fourth-order valence-electron chi connectivity index (χ4n) is 1.67. The monoisotopic (exact) mass is 357 g/mol. The molecule has 0 saturated carbocycles. The Bertz CT molecular complexity index is 665. The molecule has 8 heteroatoms. The van der Waals surface area contributed by atoms with Crippen LogP contribution in [0.25, 0.3) is 11.1 Å². The second kappa shape index (κ2) is 6.02. The summed E-state index contributed by atoms with van der Waals surface area (Å²) in [5.74, 6) is -2.06. The van der Waals surface area contributed by atoms with Crippen molar-refractivity contribution in [3.05, 3.63) is 52.0 Å². The van der Waals surface area contributed by atoms with Crippen LogP contribution in [0.4, 0.5) is 22.0 Å². The summed E-state index contributed by atoms with van der Waals surface area (Å²) in [5, 5.41) is -0.578. The number of benzene rings is 2. The van der Waals surface area contributed by atoms with Gasteiger partial charge in [0.1, 0.15) is 11.6 Å². The lowest BCUT2D eigenvalue weighted by Gasteiger charge is -2.14. The van der Waals surface area contributed by atoms with Gasteiger partial charge in [-0.2, -0.15) is 13.2 Å². The predicted octanol–water partition coefficient (Wildman–Crippen LogP) is 6.35. The van der Waals surface area contributed by atoms with Gasteiger partial charge in [-0.15, -0.1) is 0 Å². The number of rotatable bonds is 2. The standard InChI is InChI=1S/C13H4Cl2F5S/c14-6-4-7(15)11(10(5-6)21-13(18,19)20)12-8(16)2-1-3-9(12)17/h1-3,5H. The third kappa shape index (κ3) is 3.81. The van der Waals surface area contributed by atoms with Gasteiger partial charge >= 0.3 is 5.51 Å². The SMILES string of the molecule is Fc1cccc(F)c1-c1c(Cl)[c]c(Cl)cc1SC(F)(F)F. The molecule has 0 fully saturated rings. The van der Waals surface area contributed by atoms with Crippen LogP contribution in [-0.2, 0) is 0 Å². The summed E-state index contributed by atoms with van der Waals surface area (Å²) >= 11 is 10.8. The van der Waals surface area contributed by atoms with Crippen LogP contribution in [0.5, 0.6) is 0 Å². The molecule has 2 rings (SSSR count). The molecule has 21 heavy (non-hydrogen) atoms. The number of alkyl halides is 3. The molecule has 0 spiro atoms. The van der Waals surface area contributed by atoms with Gasteiger partial charge in [0.15, 0.2) is 0 Å². The third-order valence-electron chi connectivity index (χ3n) is 2.39. The average molecular weight is 358 g/mol. The molecule has 111 valence electrons. The normalized spacial score (nSPS) is 11.8. The van der Waals surface area contributed by atoms with Gasteiger partial charge in [-0.25, -0.2) is 8.78 Å². The molecule has 0 aromatic heterocycles. The van der Waals surface area contributed by atoms with Crippen LogP contribution in [-0.4, -0.2) is 5.51 Å². The first-order chi connectivity index (χ1) is 9.69. The highest BCUT2D eigenvalue weighted by atomic mass is 35.5. The lowest BCUT2D eigenvalue weighted by Crippen LogP contribution is -2.01. The number of hydrogen-bond acceptors (Lipinski definition) is 1. The maximum absolute atomic E-state index is 13.8. The fourth-order valence-corrected chi connectivity index (χ4v) is 3.08. The van der Waals surface area contributed by atoms with Crippen molar-refractivity contribution in [2.24, 2.45) is 0 Å². The maximum atomic E-state index is 13.8. The molecule has 0 saturated heterocycles. The van der Waals surface area contributed by atoms with Crippen LogP contribution < -0.4 is 0 Å². The van der Waals surface area contributed by atoms with Gasteiger partial charge < -0.3 is 0 Å². The van der Waals surface area contributed by atoms with Crippen molar-refractivity contribution in [3.8, 4) is 11.1 Å². The first-order valence-electron chi connectivity index (χ1n) is 5.30. The summed E-state index contributed by atoms with van der Waals surface area (Å²) in [6.07, 6.45) is 0. The summed E-state index contributed by atoms with van der Waals surface area (Å²) in [6, 6.07) is 6.18. The van der Waals surface area contributed by atoms with Crippen LogP contribution >= 0.6 is 35.0 Å². The van der Waals surface area contributed by atoms with E-state index >= 15 is 0 Å².